The number of nitrogens with one attached hydrogen (secondary N) is 1. The molecule has 1 fully saturated rings. The molecule has 1 aliphatic carbocycles. The van der Waals surface area contributed by atoms with Crippen molar-refractivity contribution in [2.45, 2.75) is 76.9 Å². The van der Waals surface area contributed by atoms with Crippen molar-refractivity contribution in [3.05, 3.63) is 64.7 Å². The van der Waals surface area contributed by atoms with E-state index in [0.29, 0.717) is 11.4 Å². The molecule has 0 radical (unpaired) electrons. The van der Waals surface area contributed by atoms with Crippen LogP contribution in [0.5, 0.6) is 0 Å². The molecule has 3 rings (SSSR count). The number of nitrogens with zero attached hydrogens (tertiary/aromatic N) is 2. The van der Waals surface area contributed by atoms with Gasteiger partial charge in [-0.05, 0) is 55.5 Å². The summed E-state index contributed by atoms with van der Waals surface area (Å²) >= 11 is 6.02. The van der Waals surface area contributed by atoms with Gasteiger partial charge < -0.3 is 10.2 Å². The molecule has 2 amide bonds. The van der Waals surface area contributed by atoms with Crippen LogP contribution in [0.2, 0.25) is 5.02 Å². The molecule has 0 aromatic heterocycles. The van der Waals surface area contributed by atoms with Gasteiger partial charge >= 0.3 is 0 Å². The Hall–Kier alpha value is -2.72. The van der Waals surface area contributed by atoms with Gasteiger partial charge in [0.05, 0.1) is 11.9 Å². The molecule has 2 aromatic carbocycles. The first-order valence-corrected chi connectivity index (χ1v) is 15.5. The lowest BCUT2D eigenvalue weighted by molar-refractivity contribution is -0.141. The Bertz CT molecular complexity index is 1240. The highest BCUT2D eigenvalue weighted by molar-refractivity contribution is 7.92. The summed E-state index contributed by atoms with van der Waals surface area (Å²) in [6, 6.07) is 9.26. The first-order chi connectivity index (χ1) is 18.5. The van der Waals surface area contributed by atoms with Crippen LogP contribution in [0.3, 0.4) is 0 Å². The molecule has 0 heterocycles. The summed E-state index contributed by atoms with van der Waals surface area (Å²) in [6.45, 7) is 1.92. The summed E-state index contributed by atoms with van der Waals surface area (Å²) in [5.41, 5.74) is 0.774. The number of hydrogen-bond donors (Lipinski definition) is 1. The van der Waals surface area contributed by atoms with E-state index in [-0.39, 0.29) is 49.5 Å². The zero-order valence-electron chi connectivity index (χ0n) is 22.3. The Morgan fingerprint density at radius 1 is 1.05 bits per heavy atom. The summed E-state index contributed by atoms with van der Waals surface area (Å²) in [4.78, 5) is 28.4. The third kappa shape index (κ3) is 8.89. The van der Waals surface area contributed by atoms with E-state index in [1.165, 1.54) is 11.0 Å². The zero-order chi connectivity index (χ0) is 28.6. The third-order valence-corrected chi connectivity index (χ3v) is 8.39. The van der Waals surface area contributed by atoms with Gasteiger partial charge in [-0.15, -0.1) is 0 Å². The second-order valence-electron chi connectivity index (χ2n) is 9.95. The summed E-state index contributed by atoms with van der Waals surface area (Å²) in [7, 11) is -3.83. The van der Waals surface area contributed by atoms with Crippen LogP contribution in [-0.4, -0.2) is 50.0 Å². The van der Waals surface area contributed by atoms with Crippen LogP contribution in [0.1, 0.15) is 63.9 Å². The largest absolute Gasteiger partial charge is 0.352 e. The SMILES string of the molecule is CC[C@@H](C(=O)NC1CCCCC1)N(Cc1ccc(Cl)cc1)C(=O)CCCN(c1ccc(F)c(F)c1)S(C)(=O)=O. The van der Waals surface area contributed by atoms with Crippen molar-refractivity contribution in [3.63, 3.8) is 0 Å². The average molecular weight is 584 g/mol. The molecule has 0 saturated heterocycles. The van der Waals surface area contributed by atoms with Crippen molar-refractivity contribution in [3.8, 4) is 0 Å². The van der Waals surface area contributed by atoms with Crippen molar-refractivity contribution >= 4 is 39.1 Å². The second kappa shape index (κ2) is 14.1. The van der Waals surface area contributed by atoms with Crippen LogP contribution in [0.25, 0.3) is 0 Å². The van der Waals surface area contributed by atoms with Crippen LogP contribution < -0.4 is 9.62 Å². The van der Waals surface area contributed by atoms with E-state index in [4.69, 9.17) is 11.6 Å². The molecule has 0 bridgehead atoms. The monoisotopic (exact) mass is 583 g/mol. The molecule has 214 valence electrons. The van der Waals surface area contributed by atoms with Gasteiger partial charge in [0.15, 0.2) is 11.6 Å². The molecule has 11 heteroatoms. The normalized spacial score (nSPS) is 15.0. The molecule has 1 aliphatic rings. The van der Waals surface area contributed by atoms with E-state index in [0.717, 1.165) is 60.4 Å². The Balaban J connectivity index is 1.76. The maximum Gasteiger partial charge on any atom is 0.243 e. The maximum atomic E-state index is 13.8. The highest BCUT2D eigenvalue weighted by atomic mass is 35.5. The van der Waals surface area contributed by atoms with Gasteiger partial charge in [0.1, 0.15) is 6.04 Å². The number of rotatable bonds is 12. The van der Waals surface area contributed by atoms with Crippen LogP contribution in [0.15, 0.2) is 42.5 Å². The van der Waals surface area contributed by atoms with Crippen molar-refractivity contribution in [2.75, 3.05) is 17.1 Å². The Morgan fingerprint density at radius 3 is 2.31 bits per heavy atom. The smallest absolute Gasteiger partial charge is 0.243 e. The number of halogens is 3. The molecule has 0 aliphatic heterocycles. The van der Waals surface area contributed by atoms with E-state index in [1.807, 2.05) is 6.92 Å². The quantitative estimate of drug-likeness (QED) is 0.361. The van der Waals surface area contributed by atoms with Crippen molar-refractivity contribution < 1.29 is 26.8 Å². The van der Waals surface area contributed by atoms with Gasteiger partial charge in [0.25, 0.3) is 0 Å². The van der Waals surface area contributed by atoms with E-state index in [9.17, 15) is 26.8 Å². The van der Waals surface area contributed by atoms with Gasteiger partial charge in [-0.2, -0.15) is 0 Å². The van der Waals surface area contributed by atoms with E-state index in [2.05, 4.69) is 5.32 Å². The molecule has 1 N–H and O–H groups in total. The number of carbonyl (C=O) groups is 2. The van der Waals surface area contributed by atoms with Crippen LogP contribution in [0, 0.1) is 11.6 Å². The fourth-order valence-corrected chi connectivity index (χ4v) is 5.98. The topological polar surface area (TPSA) is 86.8 Å². The number of benzene rings is 2. The summed E-state index contributed by atoms with van der Waals surface area (Å²) < 4.78 is 52.9. The molecular weight excluding hydrogens is 548 g/mol. The van der Waals surface area contributed by atoms with Crippen LogP contribution >= 0.6 is 11.6 Å². The fraction of sp³-hybridized carbons (Fsp3) is 0.500. The molecule has 0 spiro atoms. The minimum Gasteiger partial charge on any atom is -0.352 e. The Labute approximate surface area is 234 Å². The average Bonchev–Trinajstić information content (AvgIpc) is 2.89. The first kappa shape index (κ1) is 30.8. The molecule has 1 atom stereocenters. The number of amides is 2. The maximum absolute atomic E-state index is 13.8. The van der Waals surface area contributed by atoms with Crippen LogP contribution in [0.4, 0.5) is 14.5 Å². The van der Waals surface area contributed by atoms with Gasteiger partial charge in [0.2, 0.25) is 21.8 Å². The minimum absolute atomic E-state index is 0.0276. The van der Waals surface area contributed by atoms with Crippen molar-refractivity contribution in [2.24, 2.45) is 0 Å². The lowest BCUT2D eigenvalue weighted by Gasteiger charge is -2.33. The van der Waals surface area contributed by atoms with Gasteiger partial charge in [-0.25, -0.2) is 17.2 Å². The van der Waals surface area contributed by atoms with Crippen molar-refractivity contribution in [1.82, 2.24) is 10.2 Å². The van der Waals surface area contributed by atoms with E-state index >= 15 is 0 Å². The Kier molecular flexibility index (Phi) is 11.1. The number of sulfonamides is 1. The molecule has 39 heavy (non-hydrogen) atoms. The first-order valence-electron chi connectivity index (χ1n) is 13.3. The summed E-state index contributed by atoms with van der Waals surface area (Å²) in [5.74, 6) is -2.76. The summed E-state index contributed by atoms with van der Waals surface area (Å²) in [5, 5.41) is 3.67. The zero-order valence-corrected chi connectivity index (χ0v) is 23.9. The number of hydrogen-bond acceptors (Lipinski definition) is 4. The second-order valence-corrected chi connectivity index (χ2v) is 12.3. The minimum atomic E-state index is -3.83. The predicted molar refractivity (Wildman–Crippen MR) is 149 cm³/mol. The highest BCUT2D eigenvalue weighted by Crippen LogP contribution is 2.23. The van der Waals surface area contributed by atoms with Crippen LogP contribution in [-0.2, 0) is 26.2 Å². The molecule has 0 unspecified atom stereocenters. The van der Waals surface area contributed by atoms with Gasteiger partial charge in [-0.1, -0.05) is 49.9 Å². The van der Waals surface area contributed by atoms with Gasteiger partial charge in [0, 0.05) is 36.6 Å². The lowest BCUT2D eigenvalue weighted by Crippen LogP contribution is -2.51. The molecule has 1 saturated carbocycles. The van der Waals surface area contributed by atoms with Crippen molar-refractivity contribution in [1.29, 1.82) is 0 Å². The number of anilines is 1. The third-order valence-electron chi connectivity index (χ3n) is 6.95. The molecule has 7 nitrogen and oxygen atoms in total. The summed E-state index contributed by atoms with van der Waals surface area (Å²) in [6.07, 6.45) is 6.54. The number of carbonyl (C=O) groups excluding carboxylic acids is 2. The molecular formula is C28H36ClF2N3O4S. The standard InChI is InChI=1S/C28H36ClF2N3O4S/c1-3-26(28(36)32-22-8-5-4-6-9-22)33(19-20-11-13-21(29)14-12-20)27(35)10-7-17-34(39(2,37)38)23-15-16-24(30)25(31)18-23/h11-16,18,22,26H,3-10,17,19H2,1-2H3,(H,32,36)/t26-/m0/s1. The molecule has 2 aromatic rings. The predicted octanol–water partition coefficient (Wildman–Crippen LogP) is 5.42. The van der Waals surface area contributed by atoms with Gasteiger partial charge in [-0.3, -0.25) is 13.9 Å². The Morgan fingerprint density at radius 2 is 1.72 bits per heavy atom. The van der Waals surface area contributed by atoms with E-state index in [1.54, 1.807) is 24.3 Å². The fourth-order valence-electron chi connectivity index (χ4n) is 4.89. The lowest BCUT2D eigenvalue weighted by atomic mass is 9.95. The highest BCUT2D eigenvalue weighted by Gasteiger charge is 2.30. The van der Waals surface area contributed by atoms with E-state index < -0.39 is 27.7 Å².